The molecule has 4 heterocycles. The van der Waals surface area contributed by atoms with Crippen LogP contribution in [0.25, 0.3) is 5.65 Å². The second kappa shape index (κ2) is 14.9. The highest BCUT2D eigenvalue weighted by molar-refractivity contribution is 7.92. The normalized spacial score (nSPS) is 19.2. The first-order valence-electron chi connectivity index (χ1n) is 16.6. The first kappa shape index (κ1) is 35.7. The Kier molecular flexibility index (Phi) is 11.1. The minimum atomic E-state index is -3.61. The van der Waals surface area contributed by atoms with Crippen molar-refractivity contribution >= 4 is 50.6 Å². The zero-order valence-electron chi connectivity index (χ0n) is 28.5. The summed E-state index contributed by atoms with van der Waals surface area (Å²) in [4.78, 5) is 27.4. The molecule has 0 bridgehead atoms. The Morgan fingerprint density at radius 2 is 2.00 bits per heavy atom. The van der Waals surface area contributed by atoms with E-state index >= 15 is 0 Å². The molecule has 262 valence electrons. The summed E-state index contributed by atoms with van der Waals surface area (Å²) < 4.78 is 34.2. The van der Waals surface area contributed by atoms with Gasteiger partial charge in [-0.15, -0.1) is 0 Å². The Hall–Kier alpha value is -3.62. The fraction of sp³-hybridized carbons (Fsp3) is 0.576. The van der Waals surface area contributed by atoms with E-state index in [1.165, 1.54) is 12.1 Å². The number of carbonyl (C=O) groups excluding carboxylic acids is 1. The number of carbonyl (C=O) groups is 1. The van der Waals surface area contributed by atoms with Gasteiger partial charge >= 0.3 is 0 Å². The Morgan fingerprint density at radius 3 is 2.75 bits per heavy atom. The summed E-state index contributed by atoms with van der Waals surface area (Å²) in [6, 6.07) is 6.35. The minimum Gasteiger partial charge on any atom is -0.374 e. The standard InChI is InChI=1S/C33H48ClN9O4S/c1-6-13-33(3,4)47-17-14-36-32(35)37-24-12-16-41(21-24)30-22(2)20-43-29(38-30)19-27(39-43)28-9-7-8-15-42(28)31(44)25-18-23(34)10-11-26(25)40-48(5,45)46/h10-11,18-20,24,28,40H,6-9,12-17,21H2,1-5H3,(H3,35,36,37). The molecule has 0 saturated carbocycles. The molecule has 1 amide bonds. The van der Waals surface area contributed by atoms with Crippen molar-refractivity contribution in [2.75, 3.05) is 48.7 Å². The largest absolute Gasteiger partial charge is 0.374 e. The molecule has 3 aromatic rings. The van der Waals surface area contributed by atoms with Gasteiger partial charge in [0.1, 0.15) is 5.82 Å². The number of ether oxygens (including phenoxy) is 1. The van der Waals surface area contributed by atoms with Crippen LogP contribution in [0.3, 0.4) is 0 Å². The number of nitrogens with zero attached hydrogens (tertiary/aromatic N) is 6. The van der Waals surface area contributed by atoms with E-state index in [9.17, 15) is 13.2 Å². The summed E-state index contributed by atoms with van der Waals surface area (Å²) in [5.41, 5.74) is 8.85. The molecule has 2 saturated heterocycles. The summed E-state index contributed by atoms with van der Waals surface area (Å²) in [7, 11) is -3.61. The fourth-order valence-corrected chi connectivity index (χ4v) is 7.36. The van der Waals surface area contributed by atoms with Crippen LogP contribution < -0.4 is 20.7 Å². The van der Waals surface area contributed by atoms with Gasteiger partial charge in [-0.05, 0) is 71.1 Å². The number of aryl methyl sites for hydroxylation is 1. The van der Waals surface area contributed by atoms with Crippen molar-refractivity contribution in [3.63, 3.8) is 0 Å². The van der Waals surface area contributed by atoms with Gasteiger partial charge in [0.2, 0.25) is 10.0 Å². The average molecular weight is 702 g/mol. The van der Waals surface area contributed by atoms with E-state index < -0.39 is 10.0 Å². The number of rotatable bonds is 12. The Labute approximate surface area is 288 Å². The number of benzene rings is 1. The van der Waals surface area contributed by atoms with Crippen LogP contribution in [0.2, 0.25) is 5.02 Å². The van der Waals surface area contributed by atoms with E-state index in [1.807, 2.05) is 19.2 Å². The lowest BCUT2D eigenvalue weighted by molar-refractivity contribution is -0.0193. The molecular formula is C33H48ClN9O4S. The van der Waals surface area contributed by atoms with Gasteiger partial charge < -0.3 is 25.6 Å². The van der Waals surface area contributed by atoms with Crippen molar-refractivity contribution in [3.05, 3.63) is 52.3 Å². The van der Waals surface area contributed by atoms with E-state index in [2.05, 4.69) is 40.7 Å². The number of anilines is 2. The molecule has 2 fully saturated rings. The zero-order chi connectivity index (χ0) is 34.6. The van der Waals surface area contributed by atoms with Crippen LogP contribution in [0.1, 0.15) is 87.0 Å². The van der Waals surface area contributed by atoms with Gasteiger partial charge in [0.15, 0.2) is 11.6 Å². The molecular weight excluding hydrogens is 654 g/mol. The number of piperidine rings is 1. The van der Waals surface area contributed by atoms with Gasteiger partial charge in [0, 0.05) is 48.5 Å². The quantitative estimate of drug-likeness (QED) is 0.140. The SMILES string of the molecule is CCCC(C)(C)OCCN=C(N)NC1CCN(c2nc3cc(C4CCCCN4C(=O)c4cc(Cl)ccc4NS(C)(=O)=O)nn3cc2C)C1. The molecule has 4 N–H and O–H groups in total. The maximum absolute atomic E-state index is 13.9. The summed E-state index contributed by atoms with van der Waals surface area (Å²) >= 11 is 6.25. The summed E-state index contributed by atoms with van der Waals surface area (Å²) in [5.74, 6) is 0.997. The van der Waals surface area contributed by atoms with E-state index in [4.69, 9.17) is 32.2 Å². The second-order valence-corrected chi connectivity index (χ2v) is 15.6. The first-order valence-corrected chi connectivity index (χ1v) is 18.9. The van der Waals surface area contributed by atoms with Crippen molar-refractivity contribution in [3.8, 4) is 0 Å². The number of fused-ring (bicyclic) bond motifs is 1. The molecule has 2 aromatic heterocycles. The highest BCUT2D eigenvalue weighted by Gasteiger charge is 2.33. The average Bonchev–Trinajstić information content (AvgIpc) is 3.65. The number of hydrogen-bond acceptors (Lipinski definition) is 8. The molecule has 2 aliphatic heterocycles. The third kappa shape index (κ3) is 8.88. The van der Waals surface area contributed by atoms with Crippen LogP contribution in [0, 0.1) is 6.92 Å². The third-order valence-corrected chi connectivity index (χ3v) is 9.62. The molecule has 5 rings (SSSR count). The smallest absolute Gasteiger partial charge is 0.256 e. The molecule has 2 unspecified atom stereocenters. The maximum Gasteiger partial charge on any atom is 0.256 e. The first-order chi connectivity index (χ1) is 22.7. The molecule has 0 radical (unpaired) electrons. The van der Waals surface area contributed by atoms with Crippen molar-refractivity contribution in [1.29, 1.82) is 0 Å². The van der Waals surface area contributed by atoms with E-state index in [1.54, 1.807) is 15.5 Å². The number of sulfonamides is 1. The Morgan fingerprint density at radius 1 is 1.21 bits per heavy atom. The van der Waals surface area contributed by atoms with E-state index in [-0.39, 0.29) is 34.8 Å². The Balaban J connectivity index is 1.28. The van der Waals surface area contributed by atoms with Gasteiger partial charge in [-0.3, -0.25) is 14.5 Å². The lowest BCUT2D eigenvalue weighted by Gasteiger charge is -2.35. The van der Waals surface area contributed by atoms with Gasteiger partial charge in [-0.1, -0.05) is 24.9 Å². The van der Waals surface area contributed by atoms with Crippen LogP contribution in [0.4, 0.5) is 11.5 Å². The van der Waals surface area contributed by atoms with Crippen LogP contribution in [-0.4, -0.2) is 90.5 Å². The van der Waals surface area contributed by atoms with Crippen molar-refractivity contribution in [2.45, 2.75) is 83.9 Å². The summed E-state index contributed by atoms with van der Waals surface area (Å²) in [6.07, 6.45) is 8.47. The van der Waals surface area contributed by atoms with E-state index in [0.717, 1.165) is 74.9 Å². The number of aliphatic imine (C=N–C) groups is 1. The number of hydrogen-bond donors (Lipinski definition) is 3. The van der Waals surface area contributed by atoms with E-state index in [0.29, 0.717) is 36.3 Å². The number of likely N-dealkylation sites (tertiary alicyclic amines) is 1. The van der Waals surface area contributed by atoms with Gasteiger partial charge in [0.05, 0.1) is 48.0 Å². The summed E-state index contributed by atoms with van der Waals surface area (Å²) in [5, 5.41) is 8.55. The van der Waals surface area contributed by atoms with Crippen molar-refractivity contribution < 1.29 is 17.9 Å². The van der Waals surface area contributed by atoms with Crippen molar-refractivity contribution in [1.82, 2.24) is 24.8 Å². The zero-order valence-corrected chi connectivity index (χ0v) is 30.1. The maximum atomic E-state index is 13.9. The van der Waals surface area contributed by atoms with Gasteiger partial charge in [-0.2, -0.15) is 5.10 Å². The molecule has 48 heavy (non-hydrogen) atoms. The highest BCUT2D eigenvalue weighted by Crippen LogP contribution is 2.34. The lowest BCUT2D eigenvalue weighted by atomic mass is 9.98. The lowest BCUT2D eigenvalue weighted by Crippen LogP contribution is -2.42. The number of nitrogens with one attached hydrogen (secondary N) is 2. The highest BCUT2D eigenvalue weighted by atomic mass is 35.5. The number of halogens is 1. The number of guanidine groups is 1. The van der Waals surface area contributed by atoms with Crippen LogP contribution in [0.5, 0.6) is 0 Å². The predicted molar refractivity (Wildman–Crippen MR) is 190 cm³/mol. The molecule has 13 nitrogen and oxygen atoms in total. The van der Waals surface area contributed by atoms with Crippen LogP contribution in [0.15, 0.2) is 35.5 Å². The number of nitrogens with two attached hydrogens (primary N) is 1. The summed E-state index contributed by atoms with van der Waals surface area (Å²) in [6.45, 7) is 11.5. The van der Waals surface area contributed by atoms with Crippen molar-refractivity contribution in [2.24, 2.45) is 10.7 Å². The Bertz CT molecular complexity index is 1760. The van der Waals surface area contributed by atoms with Crippen LogP contribution >= 0.6 is 11.6 Å². The molecule has 2 atom stereocenters. The number of aromatic nitrogens is 3. The molecule has 0 aliphatic carbocycles. The molecule has 15 heteroatoms. The third-order valence-electron chi connectivity index (χ3n) is 8.79. The van der Waals surface area contributed by atoms with Crippen LogP contribution in [-0.2, 0) is 14.8 Å². The number of amides is 1. The van der Waals surface area contributed by atoms with Gasteiger partial charge in [0.25, 0.3) is 5.91 Å². The van der Waals surface area contributed by atoms with Gasteiger partial charge in [-0.25, -0.2) is 17.9 Å². The topological polar surface area (TPSA) is 160 Å². The fourth-order valence-electron chi connectivity index (χ4n) is 6.61. The predicted octanol–water partition coefficient (Wildman–Crippen LogP) is 4.51. The molecule has 0 spiro atoms. The monoisotopic (exact) mass is 701 g/mol. The minimum absolute atomic E-state index is 0.138. The second-order valence-electron chi connectivity index (χ2n) is 13.4. The molecule has 2 aliphatic rings. The molecule has 1 aromatic carbocycles.